The summed E-state index contributed by atoms with van der Waals surface area (Å²) in [5.41, 5.74) is 4.51. The fraction of sp³-hybridized carbons (Fsp3) is 0.667. The molecule has 1 fully saturated rings. The maximum Gasteiger partial charge on any atom is 0.236 e. The molecule has 0 unspecified atom stereocenters. The third-order valence-corrected chi connectivity index (χ3v) is 3.60. The predicted octanol–water partition coefficient (Wildman–Crippen LogP) is 1.22. The lowest BCUT2D eigenvalue weighted by Crippen LogP contribution is -2.37. The highest BCUT2D eigenvalue weighted by molar-refractivity contribution is 5.77. The summed E-state index contributed by atoms with van der Waals surface area (Å²) in [5, 5.41) is 4.52. The van der Waals surface area contributed by atoms with Crippen LogP contribution in [0.3, 0.4) is 0 Å². The molecule has 1 saturated carbocycles. The topological polar surface area (TPSA) is 72.9 Å². The number of carbonyl (C=O) groups excluding carboxylic acids is 1. The van der Waals surface area contributed by atoms with Crippen LogP contribution in [0.4, 0.5) is 0 Å². The van der Waals surface area contributed by atoms with Crippen molar-refractivity contribution in [1.29, 1.82) is 0 Å². The third-order valence-electron chi connectivity index (χ3n) is 3.60. The monoisotopic (exact) mass is 236 g/mol. The molecule has 0 atom stereocenters. The molecule has 1 aliphatic rings. The van der Waals surface area contributed by atoms with Gasteiger partial charge in [0, 0.05) is 11.6 Å². The van der Waals surface area contributed by atoms with Gasteiger partial charge >= 0.3 is 0 Å². The first-order valence-corrected chi connectivity index (χ1v) is 6.15. The quantitative estimate of drug-likeness (QED) is 0.460. The number of nitrogens with zero attached hydrogens (tertiary/aromatic N) is 2. The summed E-state index contributed by atoms with van der Waals surface area (Å²) < 4.78 is 2.10. The number of hydrazine groups is 1. The molecule has 3 N–H and O–H groups in total. The molecule has 1 aromatic rings. The zero-order chi connectivity index (χ0) is 12.4. The number of nitrogens with two attached hydrogens (primary N) is 1. The number of hydrogen-bond acceptors (Lipinski definition) is 3. The Bertz CT molecular complexity index is 405. The van der Waals surface area contributed by atoms with E-state index in [-0.39, 0.29) is 11.8 Å². The van der Waals surface area contributed by atoms with E-state index in [9.17, 15) is 4.79 Å². The van der Waals surface area contributed by atoms with Gasteiger partial charge in [-0.2, -0.15) is 5.10 Å². The molecule has 5 nitrogen and oxygen atoms in total. The van der Waals surface area contributed by atoms with Gasteiger partial charge in [-0.25, -0.2) is 5.84 Å². The lowest BCUT2D eigenvalue weighted by atomic mass is 9.85. The second kappa shape index (κ2) is 4.87. The summed E-state index contributed by atoms with van der Waals surface area (Å²) in [7, 11) is 0. The number of hydrogen-bond donors (Lipinski definition) is 2. The van der Waals surface area contributed by atoms with Crippen LogP contribution in [0.15, 0.2) is 6.07 Å². The van der Waals surface area contributed by atoms with E-state index < -0.39 is 0 Å². The fourth-order valence-corrected chi connectivity index (χ4v) is 2.72. The van der Waals surface area contributed by atoms with Crippen molar-refractivity contribution >= 4 is 5.91 Å². The van der Waals surface area contributed by atoms with Gasteiger partial charge in [0.25, 0.3) is 0 Å². The molecule has 0 aliphatic heterocycles. The Labute approximate surface area is 101 Å². The van der Waals surface area contributed by atoms with Crippen LogP contribution in [0.2, 0.25) is 0 Å². The summed E-state index contributed by atoms with van der Waals surface area (Å²) in [6.45, 7) is 4.09. The first-order chi connectivity index (χ1) is 8.11. The minimum Gasteiger partial charge on any atom is -0.294 e. The standard InChI is InChI=1S/C12H20N4O/c1-8-7-9(2)16(15-8)11-5-3-10(4-6-11)12(17)14-13/h7,10-11H,3-6,13H2,1-2H3,(H,14,17). The second-order valence-electron chi connectivity index (χ2n) is 4.89. The van der Waals surface area contributed by atoms with Crippen LogP contribution in [-0.4, -0.2) is 15.7 Å². The lowest BCUT2D eigenvalue weighted by molar-refractivity contribution is -0.126. The van der Waals surface area contributed by atoms with Crippen LogP contribution in [0.25, 0.3) is 0 Å². The maximum absolute atomic E-state index is 11.4. The zero-order valence-corrected chi connectivity index (χ0v) is 10.4. The molecule has 0 aromatic carbocycles. The minimum absolute atomic E-state index is 0.0307. The Balaban J connectivity index is 2.00. The van der Waals surface area contributed by atoms with Gasteiger partial charge in [0.2, 0.25) is 5.91 Å². The molecule has 1 aromatic heterocycles. The zero-order valence-electron chi connectivity index (χ0n) is 10.4. The van der Waals surface area contributed by atoms with Crippen LogP contribution in [0, 0.1) is 19.8 Å². The van der Waals surface area contributed by atoms with E-state index in [1.807, 2.05) is 6.92 Å². The van der Waals surface area contributed by atoms with Gasteiger partial charge in [0.1, 0.15) is 0 Å². The highest BCUT2D eigenvalue weighted by Gasteiger charge is 2.27. The van der Waals surface area contributed by atoms with Crippen molar-refractivity contribution in [3.8, 4) is 0 Å². The molecule has 17 heavy (non-hydrogen) atoms. The molecule has 94 valence electrons. The van der Waals surface area contributed by atoms with E-state index in [4.69, 9.17) is 5.84 Å². The Hall–Kier alpha value is -1.36. The van der Waals surface area contributed by atoms with Crippen molar-refractivity contribution in [2.45, 2.75) is 45.6 Å². The number of carbonyl (C=O) groups is 1. The largest absolute Gasteiger partial charge is 0.294 e. The Morgan fingerprint density at radius 1 is 1.41 bits per heavy atom. The van der Waals surface area contributed by atoms with Gasteiger partial charge in [-0.05, 0) is 45.6 Å². The molecule has 1 amide bonds. The van der Waals surface area contributed by atoms with Crippen molar-refractivity contribution in [3.63, 3.8) is 0 Å². The summed E-state index contributed by atoms with van der Waals surface area (Å²) in [5.74, 6) is 5.21. The van der Waals surface area contributed by atoms with Crippen LogP contribution in [0.5, 0.6) is 0 Å². The van der Waals surface area contributed by atoms with E-state index >= 15 is 0 Å². The number of rotatable bonds is 2. The summed E-state index contributed by atoms with van der Waals surface area (Å²) in [6.07, 6.45) is 3.79. The molecule has 0 spiro atoms. The fourth-order valence-electron chi connectivity index (χ4n) is 2.72. The van der Waals surface area contributed by atoms with E-state index in [2.05, 4.69) is 28.2 Å². The molecule has 0 saturated heterocycles. The van der Waals surface area contributed by atoms with Crippen molar-refractivity contribution in [2.75, 3.05) is 0 Å². The van der Waals surface area contributed by atoms with E-state index in [0.29, 0.717) is 6.04 Å². The summed E-state index contributed by atoms with van der Waals surface area (Å²) in [6, 6.07) is 2.53. The van der Waals surface area contributed by atoms with E-state index in [1.54, 1.807) is 0 Å². The number of nitrogens with one attached hydrogen (secondary N) is 1. The second-order valence-corrected chi connectivity index (χ2v) is 4.89. The van der Waals surface area contributed by atoms with Gasteiger partial charge in [0.15, 0.2) is 0 Å². The van der Waals surface area contributed by atoms with E-state index in [1.165, 1.54) is 5.69 Å². The van der Waals surface area contributed by atoms with Gasteiger partial charge in [-0.3, -0.25) is 14.9 Å². The van der Waals surface area contributed by atoms with Crippen molar-refractivity contribution < 1.29 is 4.79 Å². The molecular formula is C12H20N4O. The molecule has 2 rings (SSSR count). The first kappa shape index (κ1) is 12.1. The van der Waals surface area contributed by atoms with Crippen LogP contribution < -0.4 is 11.3 Å². The molecule has 0 radical (unpaired) electrons. The van der Waals surface area contributed by atoms with Gasteiger partial charge in [-0.1, -0.05) is 0 Å². The molecule has 5 heteroatoms. The molecule has 1 aliphatic carbocycles. The first-order valence-electron chi connectivity index (χ1n) is 6.15. The molecular weight excluding hydrogens is 216 g/mol. The van der Waals surface area contributed by atoms with Crippen molar-refractivity contribution in [1.82, 2.24) is 15.2 Å². The van der Waals surface area contributed by atoms with Crippen LogP contribution >= 0.6 is 0 Å². The van der Waals surface area contributed by atoms with Crippen LogP contribution in [-0.2, 0) is 4.79 Å². The van der Waals surface area contributed by atoms with Gasteiger partial charge < -0.3 is 0 Å². The average molecular weight is 236 g/mol. The third kappa shape index (κ3) is 2.49. The predicted molar refractivity (Wildman–Crippen MR) is 65.0 cm³/mol. The van der Waals surface area contributed by atoms with Crippen molar-refractivity contribution in [2.24, 2.45) is 11.8 Å². The smallest absolute Gasteiger partial charge is 0.236 e. The minimum atomic E-state index is -0.0307. The van der Waals surface area contributed by atoms with Crippen LogP contribution in [0.1, 0.15) is 43.1 Å². The summed E-state index contributed by atoms with van der Waals surface area (Å²) >= 11 is 0. The Morgan fingerprint density at radius 2 is 2.06 bits per heavy atom. The number of aromatic nitrogens is 2. The Morgan fingerprint density at radius 3 is 2.53 bits per heavy atom. The lowest BCUT2D eigenvalue weighted by Gasteiger charge is -2.28. The Kier molecular flexibility index (Phi) is 3.47. The van der Waals surface area contributed by atoms with Crippen molar-refractivity contribution in [3.05, 3.63) is 17.5 Å². The SMILES string of the molecule is Cc1cc(C)n(C2CCC(C(=O)NN)CC2)n1. The van der Waals surface area contributed by atoms with Gasteiger partial charge in [-0.15, -0.1) is 0 Å². The molecule has 1 heterocycles. The number of aryl methyl sites for hydroxylation is 2. The normalized spacial score (nSPS) is 24.6. The summed E-state index contributed by atoms with van der Waals surface area (Å²) in [4.78, 5) is 11.4. The van der Waals surface area contributed by atoms with E-state index in [0.717, 1.165) is 31.4 Å². The average Bonchev–Trinajstić information content (AvgIpc) is 2.68. The van der Waals surface area contributed by atoms with Gasteiger partial charge in [0.05, 0.1) is 11.7 Å². The highest BCUT2D eigenvalue weighted by atomic mass is 16.2. The molecule has 0 bridgehead atoms. The number of amides is 1. The maximum atomic E-state index is 11.4. The highest BCUT2D eigenvalue weighted by Crippen LogP contribution is 2.32.